The van der Waals surface area contributed by atoms with Gasteiger partial charge in [0, 0.05) is 11.8 Å². The summed E-state index contributed by atoms with van der Waals surface area (Å²) in [6.45, 7) is 7.79. The summed E-state index contributed by atoms with van der Waals surface area (Å²) in [5.41, 5.74) is 4.16. The van der Waals surface area contributed by atoms with E-state index in [1.807, 2.05) is 16.8 Å². The number of hydrogen-bond acceptors (Lipinski definition) is 6. The first kappa shape index (κ1) is 20.8. The third kappa shape index (κ3) is 3.70. The van der Waals surface area contributed by atoms with Gasteiger partial charge >= 0.3 is 0 Å². The van der Waals surface area contributed by atoms with E-state index in [1.165, 1.54) is 11.1 Å². The Hall–Kier alpha value is -3.09. The molecule has 2 aromatic carbocycles. The van der Waals surface area contributed by atoms with E-state index >= 15 is 0 Å². The maximum Gasteiger partial charge on any atom is 0.181 e. The van der Waals surface area contributed by atoms with Crippen molar-refractivity contribution in [3.8, 4) is 17.2 Å². The molecule has 0 bridgehead atoms. The first-order chi connectivity index (χ1) is 15.6. The van der Waals surface area contributed by atoms with Crippen molar-refractivity contribution in [1.82, 2.24) is 20.2 Å². The summed E-state index contributed by atoms with van der Waals surface area (Å²) >= 11 is 0. The number of aryl methyl sites for hydroxylation is 2. The fourth-order valence-electron chi connectivity index (χ4n) is 5.00. The van der Waals surface area contributed by atoms with Crippen LogP contribution in [0.3, 0.4) is 0 Å². The average molecular weight is 434 g/mol. The Labute approximate surface area is 189 Å². The minimum atomic E-state index is -0.354. The predicted octanol–water partition coefficient (Wildman–Crippen LogP) is 4.82. The van der Waals surface area contributed by atoms with Gasteiger partial charge < -0.3 is 14.8 Å². The third-order valence-corrected chi connectivity index (χ3v) is 6.87. The van der Waals surface area contributed by atoms with E-state index in [0.29, 0.717) is 19.1 Å². The molecule has 0 radical (unpaired) electrons. The first-order valence-corrected chi connectivity index (χ1v) is 11.7. The molecular weight excluding hydrogens is 402 g/mol. The molecular formula is C25H31N5O2. The predicted molar refractivity (Wildman–Crippen MR) is 124 cm³/mol. The lowest BCUT2D eigenvalue weighted by Gasteiger charge is -2.40. The fraction of sp³-hybridized carbons (Fsp3) is 0.480. The Kier molecular flexibility index (Phi) is 5.49. The molecule has 0 amide bonds. The lowest BCUT2D eigenvalue weighted by molar-refractivity contribution is 0.171. The third-order valence-electron chi connectivity index (χ3n) is 6.87. The highest BCUT2D eigenvalue weighted by Gasteiger charge is 2.41. The van der Waals surface area contributed by atoms with Crippen molar-refractivity contribution in [2.24, 2.45) is 5.92 Å². The summed E-state index contributed by atoms with van der Waals surface area (Å²) in [5, 5.41) is 17.1. The highest BCUT2D eigenvalue weighted by Crippen LogP contribution is 2.43. The summed E-state index contributed by atoms with van der Waals surface area (Å²) in [5.74, 6) is 3.15. The van der Waals surface area contributed by atoms with Gasteiger partial charge in [-0.15, -0.1) is 5.10 Å². The van der Waals surface area contributed by atoms with Gasteiger partial charge in [0.25, 0.3) is 0 Å². The van der Waals surface area contributed by atoms with Gasteiger partial charge in [-0.2, -0.15) is 4.68 Å². The minimum absolute atomic E-state index is 0.354. The zero-order chi connectivity index (χ0) is 22.1. The molecule has 5 rings (SSSR count). The number of para-hydroxylation sites is 1. The molecule has 0 saturated heterocycles. The number of hydrogen-bond donors (Lipinski definition) is 1. The molecule has 0 spiro atoms. The Balaban J connectivity index is 1.58. The van der Waals surface area contributed by atoms with Crippen LogP contribution in [0.2, 0.25) is 0 Å². The van der Waals surface area contributed by atoms with Crippen LogP contribution in [0.1, 0.15) is 56.5 Å². The molecule has 3 aromatic rings. The van der Waals surface area contributed by atoms with E-state index < -0.39 is 0 Å². The number of ether oxygens (including phenoxy) is 2. The fourth-order valence-corrected chi connectivity index (χ4v) is 5.00. The standard InChI is InChI=1S/C25H31N5O2/c1-4-19-7-5-6-18(3)23(19)30-24(27-28-29-30)25(12-10-17(2)11-13-25)26-20-8-9-21-22(16-20)32-15-14-31-21/h5-9,16-17,26H,4,10-15H2,1-3H3. The van der Waals surface area contributed by atoms with Gasteiger partial charge in [0.1, 0.15) is 13.2 Å². The van der Waals surface area contributed by atoms with Crippen LogP contribution < -0.4 is 14.8 Å². The van der Waals surface area contributed by atoms with Gasteiger partial charge in [0.2, 0.25) is 0 Å². The lowest BCUT2D eigenvalue weighted by Crippen LogP contribution is -2.41. The van der Waals surface area contributed by atoms with Crippen LogP contribution in [-0.4, -0.2) is 33.4 Å². The SMILES string of the molecule is CCc1cccc(C)c1-n1nnnc1C1(Nc2ccc3c(c2)OCCO3)CCC(C)CC1. The Morgan fingerprint density at radius 2 is 1.88 bits per heavy atom. The molecule has 2 heterocycles. The summed E-state index contributed by atoms with van der Waals surface area (Å²) in [4.78, 5) is 0. The van der Waals surface area contributed by atoms with Crippen LogP contribution in [0, 0.1) is 12.8 Å². The van der Waals surface area contributed by atoms with Crippen molar-refractivity contribution < 1.29 is 9.47 Å². The van der Waals surface area contributed by atoms with Gasteiger partial charge in [-0.25, -0.2) is 0 Å². The van der Waals surface area contributed by atoms with Crippen LogP contribution in [0.15, 0.2) is 36.4 Å². The summed E-state index contributed by atoms with van der Waals surface area (Å²) < 4.78 is 13.5. The number of nitrogens with zero attached hydrogens (tertiary/aromatic N) is 4. The number of tetrazole rings is 1. The largest absolute Gasteiger partial charge is 0.486 e. The molecule has 7 heteroatoms. The molecule has 32 heavy (non-hydrogen) atoms. The van der Waals surface area contributed by atoms with Crippen LogP contribution in [0.25, 0.3) is 5.69 Å². The summed E-state index contributed by atoms with van der Waals surface area (Å²) in [7, 11) is 0. The molecule has 2 aliphatic rings. The molecule has 168 valence electrons. The van der Waals surface area contributed by atoms with Crippen molar-refractivity contribution in [1.29, 1.82) is 0 Å². The highest BCUT2D eigenvalue weighted by atomic mass is 16.6. The molecule has 1 aromatic heterocycles. The van der Waals surface area contributed by atoms with Gasteiger partial charge in [-0.1, -0.05) is 32.0 Å². The number of aromatic nitrogens is 4. The average Bonchev–Trinajstić information content (AvgIpc) is 3.30. The smallest absolute Gasteiger partial charge is 0.181 e. The van der Waals surface area contributed by atoms with Crippen molar-refractivity contribution in [3.63, 3.8) is 0 Å². The van der Waals surface area contributed by atoms with Gasteiger partial charge in [-0.05, 0) is 78.6 Å². The number of benzene rings is 2. The van der Waals surface area contributed by atoms with E-state index in [9.17, 15) is 0 Å². The van der Waals surface area contributed by atoms with E-state index in [1.54, 1.807) is 0 Å². The molecule has 1 aliphatic carbocycles. The molecule has 1 N–H and O–H groups in total. The van der Waals surface area contributed by atoms with E-state index in [-0.39, 0.29) is 5.54 Å². The molecule has 1 saturated carbocycles. The maximum absolute atomic E-state index is 5.82. The first-order valence-electron chi connectivity index (χ1n) is 11.7. The number of anilines is 1. The van der Waals surface area contributed by atoms with Crippen molar-refractivity contribution in [2.75, 3.05) is 18.5 Å². The molecule has 0 atom stereocenters. The molecule has 1 aliphatic heterocycles. The van der Waals surface area contributed by atoms with E-state index in [0.717, 1.165) is 60.8 Å². The topological polar surface area (TPSA) is 74.1 Å². The van der Waals surface area contributed by atoms with Crippen LogP contribution in [-0.2, 0) is 12.0 Å². The van der Waals surface area contributed by atoms with Crippen LogP contribution >= 0.6 is 0 Å². The van der Waals surface area contributed by atoms with Gasteiger partial charge in [-0.3, -0.25) is 0 Å². The second kappa shape index (κ2) is 8.45. The molecule has 1 fully saturated rings. The Morgan fingerprint density at radius 3 is 2.66 bits per heavy atom. The summed E-state index contributed by atoms with van der Waals surface area (Å²) in [6, 6.07) is 12.5. The second-order valence-corrected chi connectivity index (χ2v) is 9.10. The lowest BCUT2D eigenvalue weighted by atomic mass is 9.76. The minimum Gasteiger partial charge on any atom is -0.486 e. The van der Waals surface area contributed by atoms with Gasteiger partial charge in [0.15, 0.2) is 17.3 Å². The van der Waals surface area contributed by atoms with Crippen molar-refractivity contribution >= 4 is 5.69 Å². The zero-order valence-corrected chi connectivity index (χ0v) is 19.1. The highest BCUT2D eigenvalue weighted by molar-refractivity contribution is 5.57. The second-order valence-electron chi connectivity index (χ2n) is 9.10. The van der Waals surface area contributed by atoms with Crippen LogP contribution in [0.4, 0.5) is 5.69 Å². The zero-order valence-electron chi connectivity index (χ0n) is 19.1. The number of nitrogens with one attached hydrogen (secondary N) is 1. The van der Waals surface area contributed by atoms with Crippen molar-refractivity contribution in [2.45, 2.75) is 58.4 Å². The monoisotopic (exact) mass is 433 g/mol. The normalized spacial score (nSPS) is 22.5. The maximum atomic E-state index is 5.82. The quantitative estimate of drug-likeness (QED) is 0.622. The number of fused-ring (bicyclic) bond motifs is 1. The number of rotatable bonds is 5. The Bertz CT molecular complexity index is 1100. The Morgan fingerprint density at radius 1 is 1.09 bits per heavy atom. The van der Waals surface area contributed by atoms with E-state index in [4.69, 9.17) is 9.47 Å². The molecule has 7 nitrogen and oxygen atoms in total. The van der Waals surface area contributed by atoms with Crippen LogP contribution in [0.5, 0.6) is 11.5 Å². The van der Waals surface area contributed by atoms with E-state index in [2.05, 4.69) is 65.9 Å². The molecule has 0 unspecified atom stereocenters. The van der Waals surface area contributed by atoms with Gasteiger partial charge in [0.05, 0.1) is 11.2 Å². The summed E-state index contributed by atoms with van der Waals surface area (Å²) in [6.07, 6.45) is 5.11. The van der Waals surface area contributed by atoms with Crippen molar-refractivity contribution in [3.05, 3.63) is 53.3 Å².